The normalized spacial score (nSPS) is 14.8. The van der Waals surface area contributed by atoms with Crippen molar-refractivity contribution in [1.82, 2.24) is 0 Å². The SMILES string of the molecule is CCc1ccc2c(c1)C(=O)/C(=C/c1cccc(C(=O)O)c1)O2. The van der Waals surface area contributed by atoms with E-state index < -0.39 is 5.97 Å². The molecule has 22 heavy (non-hydrogen) atoms. The van der Waals surface area contributed by atoms with E-state index in [1.54, 1.807) is 24.3 Å². The van der Waals surface area contributed by atoms with Crippen molar-refractivity contribution in [2.24, 2.45) is 0 Å². The Kier molecular flexibility index (Phi) is 3.51. The maximum absolute atomic E-state index is 12.4. The number of ether oxygens (including phenoxy) is 1. The molecule has 2 aromatic carbocycles. The molecule has 1 aliphatic rings. The van der Waals surface area contributed by atoms with Crippen molar-refractivity contribution in [3.63, 3.8) is 0 Å². The highest BCUT2D eigenvalue weighted by atomic mass is 16.5. The molecule has 4 nitrogen and oxygen atoms in total. The number of rotatable bonds is 3. The van der Waals surface area contributed by atoms with Crippen LogP contribution in [0.25, 0.3) is 6.08 Å². The van der Waals surface area contributed by atoms with Crippen LogP contribution in [0.1, 0.15) is 38.8 Å². The zero-order valence-corrected chi connectivity index (χ0v) is 12.0. The molecule has 0 unspecified atom stereocenters. The first kappa shape index (κ1) is 14.1. The van der Waals surface area contributed by atoms with Crippen molar-refractivity contribution in [3.8, 4) is 5.75 Å². The fourth-order valence-electron chi connectivity index (χ4n) is 2.37. The maximum Gasteiger partial charge on any atom is 0.335 e. The highest BCUT2D eigenvalue weighted by Gasteiger charge is 2.27. The summed E-state index contributed by atoms with van der Waals surface area (Å²) in [6.07, 6.45) is 2.42. The van der Waals surface area contributed by atoms with E-state index in [1.165, 1.54) is 12.1 Å². The Bertz CT molecular complexity index is 802. The van der Waals surface area contributed by atoms with E-state index in [-0.39, 0.29) is 17.1 Å². The van der Waals surface area contributed by atoms with Gasteiger partial charge in [-0.3, -0.25) is 4.79 Å². The smallest absolute Gasteiger partial charge is 0.335 e. The predicted octanol–water partition coefficient (Wildman–Crippen LogP) is 3.56. The van der Waals surface area contributed by atoms with Crippen molar-refractivity contribution in [2.75, 3.05) is 0 Å². The molecule has 1 heterocycles. The van der Waals surface area contributed by atoms with Crippen molar-refractivity contribution < 1.29 is 19.4 Å². The van der Waals surface area contributed by atoms with E-state index in [9.17, 15) is 9.59 Å². The second kappa shape index (κ2) is 5.48. The molecule has 0 aromatic heterocycles. The summed E-state index contributed by atoms with van der Waals surface area (Å²) >= 11 is 0. The molecule has 3 rings (SSSR count). The summed E-state index contributed by atoms with van der Waals surface area (Å²) in [7, 11) is 0. The van der Waals surface area contributed by atoms with Crippen molar-refractivity contribution >= 4 is 17.8 Å². The lowest BCUT2D eigenvalue weighted by atomic mass is 10.0. The van der Waals surface area contributed by atoms with Crippen LogP contribution in [-0.4, -0.2) is 16.9 Å². The Balaban J connectivity index is 1.96. The summed E-state index contributed by atoms with van der Waals surface area (Å²) in [5.74, 6) is -0.422. The third-order valence-corrected chi connectivity index (χ3v) is 3.57. The van der Waals surface area contributed by atoms with Crippen LogP contribution in [0.4, 0.5) is 0 Å². The monoisotopic (exact) mass is 294 g/mol. The number of hydrogen-bond donors (Lipinski definition) is 1. The molecule has 0 aliphatic carbocycles. The summed E-state index contributed by atoms with van der Waals surface area (Å²) in [4.78, 5) is 23.4. The summed E-state index contributed by atoms with van der Waals surface area (Å²) in [6.45, 7) is 2.02. The third-order valence-electron chi connectivity index (χ3n) is 3.57. The average Bonchev–Trinajstić information content (AvgIpc) is 2.83. The number of benzene rings is 2. The van der Waals surface area contributed by atoms with Gasteiger partial charge in [-0.05, 0) is 47.9 Å². The Morgan fingerprint density at radius 2 is 2.05 bits per heavy atom. The highest BCUT2D eigenvalue weighted by Crippen LogP contribution is 2.32. The van der Waals surface area contributed by atoms with Gasteiger partial charge in [0.1, 0.15) is 5.75 Å². The van der Waals surface area contributed by atoms with Gasteiger partial charge in [0.15, 0.2) is 5.76 Å². The summed E-state index contributed by atoms with van der Waals surface area (Å²) in [5.41, 5.74) is 2.42. The zero-order chi connectivity index (χ0) is 15.7. The predicted molar refractivity (Wildman–Crippen MR) is 82.2 cm³/mol. The molecule has 2 aromatic rings. The molecule has 0 radical (unpaired) electrons. The molecule has 110 valence electrons. The summed E-state index contributed by atoms with van der Waals surface area (Å²) in [5, 5.41) is 9.00. The number of hydrogen-bond acceptors (Lipinski definition) is 3. The number of aromatic carboxylic acids is 1. The number of fused-ring (bicyclic) bond motifs is 1. The van der Waals surface area contributed by atoms with Gasteiger partial charge in [-0.1, -0.05) is 25.1 Å². The molecule has 1 aliphatic heterocycles. The van der Waals surface area contributed by atoms with Gasteiger partial charge in [-0.2, -0.15) is 0 Å². The van der Waals surface area contributed by atoms with Crippen LogP contribution < -0.4 is 4.74 Å². The number of carbonyl (C=O) groups is 2. The summed E-state index contributed by atoms with van der Waals surface area (Å²) < 4.78 is 5.59. The lowest BCUT2D eigenvalue weighted by molar-refractivity contribution is 0.0696. The number of carboxylic acid groups (broad SMARTS) is 1. The molecule has 4 heteroatoms. The average molecular weight is 294 g/mol. The molecule has 0 fully saturated rings. The second-order valence-corrected chi connectivity index (χ2v) is 5.05. The van der Waals surface area contributed by atoms with Crippen LogP contribution in [-0.2, 0) is 6.42 Å². The molecular weight excluding hydrogens is 280 g/mol. The van der Waals surface area contributed by atoms with E-state index in [0.717, 1.165) is 12.0 Å². The number of aryl methyl sites for hydroxylation is 1. The quantitative estimate of drug-likeness (QED) is 0.879. The molecular formula is C18H14O4. The first-order valence-corrected chi connectivity index (χ1v) is 6.99. The lowest BCUT2D eigenvalue weighted by Crippen LogP contribution is -1.99. The zero-order valence-electron chi connectivity index (χ0n) is 12.0. The second-order valence-electron chi connectivity index (χ2n) is 5.05. The van der Waals surface area contributed by atoms with Crippen molar-refractivity contribution in [2.45, 2.75) is 13.3 Å². The highest BCUT2D eigenvalue weighted by molar-refractivity contribution is 6.14. The molecule has 1 N–H and O–H groups in total. The number of carboxylic acids is 1. The van der Waals surface area contributed by atoms with Gasteiger partial charge >= 0.3 is 5.97 Å². The van der Waals surface area contributed by atoms with Crippen LogP contribution in [0.2, 0.25) is 0 Å². The van der Waals surface area contributed by atoms with Gasteiger partial charge in [0.2, 0.25) is 5.78 Å². The Morgan fingerprint density at radius 3 is 2.77 bits per heavy atom. The van der Waals surface area contributed by atoms with Gasteiger partial charge in [0.05, 0.1) is 11.1 Å². The number of ketones is 1. The molecule has 0 bridgehead atoms. The number of carbonyl (C=O) groups excluding carboxylic acids is 1. The van der Waals surface area contributed by atoms with Crippen molar-refractivity contribution in [3.05, 3.63) is 70.5 Å². The largest absolute Gasteiger partial charge is 0.478 e. The van der Waals surface area contributed by atoms with E-state index in [1.807, 2.05) is 19.1 Å². The van der Waals surface area contributed by atoms with Gasteiger partial charge < -0.3 is 9.84 Å². The van der Waals surface area contributed by atoms with E-state index in [4.69, 9.17) is 9.84 Å². The fourth-order valence-corrected chi connectivity index (χ4v) is 2.37. The van der Waals surface area contributed by atoms with Gasteiger partial charge in [0.25, 0.3) is 0 Å². The molecule has 0 atom stereocenters. The Morgan fingerprint density at radius 1 is 1.23 bits per heavy atom. The fraction of sp³-hybridized carbons (Fsp3) is 0.111. The van der Waals surface area contributed by atoms with Crippen LogP contribution in [0.3, 0.4) is 0 Å². The third kappa shape index (κ3) is 2.51. The Labute approximate surface area is 127 Å². The Hall–Kier alpha value is -2.88. The van der Waals surface area contributed by atoms with Gasteiger partial charge in [-0.15, -0.1) is 0 Å². The van der Waals surface area contributed by atoms with E-state index >= 15 is 0 Å². The van der Waals surface area contributed by atoms with E-state index in [0.29, 0.717) is 16.9 Å². The van der Waals surface area contributed by atoms with Crippen LogP contribution in [0.5, 0.6) is 5.75 Å². The van der Waals surface area contributed by atoms with Gasteiger partial charge in [-0.25, -0.2) is 4.79 Å². The van der Waals surface area contributed by atoms with Crippen LogP contribution in [0, 0.1) is 0 Å². The van der Waals surface area contributed by atoms with E-state index in [2.05, 4.69) is 0 Å². The van der Waals surface area contributed by atoms with Crippen LogP contribution >= 0.6 is 0 Å². The molecule has 0 amide bonds. The summed E-state index contributed by atoms with van der Waals surface area (Å²) in [6, 6.07) is 11.9. The minimum absolute atomic E-state index is 0.172. The number of Topliss-reactive ketones (excluding diaryl/α,β-unsaturated/α-hetero) is 1. The van der Waals surface area contributed by atoms with Crippen molar-refractivity contribution in [1.29, 1.82) is 0 Å². The molecule has 0 saturated heterocycles. The maximum atomic E-state index is 12.4. The lowest BCUT2D eigenvalue weighted by Gasteiger charge is -2.00. The van der Waals surface area contributed by atoms with Crippen LogP contribution in [0.15, 0.2) is 48.2 Å². The molecule has 0 saturated carbocycles. The first-order chi connectivity index (χ1) is 10.6. The molecule has 0 spiro atoms. The van der Waals surface area contributed by atoms with Gasteiger partial charge in [0, 0.05) is 0 Å². The minimum atomic E-state index is -1.00. The minimum Gasteiger partial charge on any atom is -0.478 e. The first-order valence-electron chi connectivity index (χ1n) is 6.99. The number of allylic oxidation sites excluding steroid dienone is 1. The standard InChI is InChI=1S/C18H14O4/c1-2-11-6-7-15-14(9-11)17(19)16(22-15)10-12-4-3-5-13(8-12)18(20)21/h3-10H,2H2,1H3,(H,20,21)/b16-10-. The topological polar surface area (TPSA) is 63.6 Å².